The molecule has 0 amide bonds. The van der Waals surface area contributed by atoms with Crippen molar-refractivity contribution in [2.75, 3.05) is 14.6 Å². The van der Waals surface area contributed by atoms with Crippen LogP contribution in [0.1, 0.15) is 76.6 Å². The molecule has 0 bridgehead atoms. The third-order valence-corrected chi connectivity index (χ3v) is 15.0. The number of anilines is 8. The summed E-state index contributed by atoms with van der Waals surface area (Å²) in [7, 11) is 0. The minimum absolute atomic E-state index is 0.0510. The van der Waals surface area contributed by atoms with Crippen LogP contribution >= 0.6 is 0 Å². The number of hydrogen-bond donors (Lipinski definition) is 0. The van der Waals surface area contributed by atoms with Crippen LogP contribution in [-0.2, 0) is 16.2 Å². The van der Waals surface area contributed by atoms with Crippen LogP contribution in [0.4, 0.5) is 45.5 Å². The summed E-state index contributed by atoms with van der Waals surface area (Å²) in [6, 6.07) is 68.5. The van der Waals surface area contributed by atoms with E-state index in [9.17, 15) is 0 Å². The Balaban J connectivity index is 1.20. The van der Waals surface area contributed by atoms with Gasteiger partial charge in [0.2, 0.25) is 0 Å². The van der Waals surface area contributed by atoms with Crippen molar-refractivity contribution in [2.24, 2.45) is 0 Å². The highest BCUT2D eigenvalue weighted by Gasteiger charge is 2.50. The van der Waals surface area contributed by atoms with Crippen LogP contribution in [0.3, 0.4) is 0 Å². The molecular weight excluding hydrogens is 761 g/mol. The van der Waals surface area contributed by atoms with Crippen LogP contribution in [0.25, 0.3) is 22.3 Å². The van der Waals surface area contributed by atoms with Crippen molar-refractivity contribution in [1.29, 1.82) is 0 Å². The smallest absolute Gasteiger partial charge is 0.333 e. The molecule has 0 saturated carbocycles. The van der Waals surface area contributed by atoms with Crippen molar-refractivity contribution in [3.05, 3.63) is 204 Å². The number of fused-ring (bicyclic) bond motifs is 7. The predicted octanol–water partition coefficient (Wildman–Crippen LogP) is 14.5. The molecule has 0 saturated heterocycles. The Bertz CT molecular complexity index is 3070. The molecule has 1 aliphatic carbocycles. The van der Waals surface area contributed by atoms with Crippen molar-refractivity contribution >= 4 is 63.3 Å². The SMILES string of the molecule is CC1(C)CCC(C)(C)c2cc(N3B4c5cccc6c5N(c5ccccc5C6(C)C)c5cc(-c6ccccc6)cc(c54)-c4ccc(N(c5ccccc5)c5ccccc5)cc43)ccc21. The van der Waals surface area contributed by atoms with Crippen molar-refractivity contribution in [3.8, 4) is 22.3 Å². The molecule has 306 valence electrons. The number of para-hydroxylation sites is 4. The fourth-order valence-electron chi connectivity index (χ4n) is 11.6. The number of nitrogens with zero attached hydrogens (tertiary/aromatic N) is 3. The highest BCUT2D eigenvalue weighted by Crippen LogP contribution is 2.56. The van der Waals surface area contributed by atoms with E-state index in [2.05, 4.69) is 238 Å². The van der Waals surface area contributed by atoms with Gasteiger partial charge in [-0.05, 0) is 140 Å². The first kappa shape index (κ1) is 37.9. The van der Waals surface area contributed by atoms with Gasteiger partial charge < -0.3 is 14.6 Å². The van der Waals surface area contributed by atoms with Gasteiger partial charge in [0.25, 0.3) is 0 Å². The fraction of sp³-hybridized carbons (Fsp3) is 0.186. The van der Waals surface area contributed by atoms with E-state index < -0.39 is 0 Å². The Hall–Kier alpha value is -6.78. The molecule has 0 spiro atoms. The average Bonchev–Trinajstić information content (AvgIpc) is 3.31. The zero-order valence-corrected chi connectivity index (χ0v) is 37.2. The van der Waals surface area contributed by atoms with E-state index in [0.717, 1.165) is 23.5 Å². The Morgan fingerprint density at radius 3 is 1.79 bits per heavy atom. The van der Waals surface area contributed by atoms with Gasteiger partial charge in [-0.3, -0.25) is 0 Å². The molecule has 0 N–H and O–H groups in total. The second kappa shape index (κ2) is 13.6. The van der Waals surface area contributed by atoms with Crippen molar-refractivity contribution < 1.29 is 0 Å². The molecule has 4 heteroatoms. The minimum Gasteiger partial charge on any atom is -0.376 e. The third kappa shape index (κ3) is 5.59. The second-order valence-corrected chi connectivity index (χ2v) is 20.0. The molecule has 3 nitrogen and oxygen atoms in total. The Kier molecular flexibility index (Phi) is 8.20. The molecule has 8 aromatic rings. The molecule has 0 radical (unpaired) electrons. The monoisotopic (exact) mass is 813 g/mol. The van der Waals surface area contributed by atoms with Gasteiger partial charge >= 0.3 is 6.85 Å². The van der Waals surface area contributed by atoms with Crippen LogP contribution in [0, 0.1) is 0 Å². The molecule has 3 heterocycles. The molecule has 0 fully saturated rings. The molecule has 63 heavy (non-hydrogen) atoms. The van der Waals surface area contributed by atoms with Crippen LogP contribution in [0.5, 0.6) is 0 Å². The highest BCUT2D eigenvalue weighted by molar-refractivity contribution is 6.93. The minimum atomic E-state index is -0.201. The zero-order chi connectivity index (χ0) is 42.8. The lowest BCUT2D eigenvalue weighted by molar-refractivity contribution is 0.332. The van der Waals surface area contributed by atoms with Crippen LogP contribution < -0.4 is 25.5 Å². The van der Waals surface area contributed by atoms with E-state index in [4.69, 9.17) is 0 Å². The lowest BCUT2D eigenvalue weighted by Crippen LogP contribution is -2.62. The first-order valence-corrected chi connectivity index (χ1v) is 22.8. The van der Waals surface area contributed by atoms with Gasteiger partial charge in [-0.25, -0.2) is 0 Å². The third-order valence-electron chi connectivity index (χ3n) is 15.0. The number of benzene rings is 8. The van der Waals surface area contributed by atoms with Gasteiger partial charge in [0.1, 0.15) is 0 Å². The Morgan fingerprint density at radius 2 is 1.08 bits per heavy atom. The molecule has 8 aromatic carbocycles. The van der Waals surface area contributed by atoms with Gasteiger partial charge in [0, 0.05) is 50.8 Å². The molecule has 12 rings (SSSR count). The van der Waals surface area contributed by atoms with E-state index >= 15 is 0 Å². The lowest BCUT2D eigenvalue weighted by Gasteiger charge is -2.51. The molecule has 0 unspecified atom stereocenters. The summed E-state index contributed by atoms with van der Waals surface area (Å²) in [5.41, 5.74) is 23.0. The summed E-state index contributed by atoms with van der Waals surface area (Å²) in [6.07, 6.45) is 2.35. The van der Waals surface area contributed by atoms with E-state index in [1.54, 1.807) is 0 Å². The topological polar surface area (TPSA) is 9.72 Å². The van der Waals surface area contributed by atoms with Crippen molar-refractivity contribution in [1.82, 2.24) is 0 Å². The summed E-state index contributed by atoms with van der Waals surface area (Å²) in [6.45, 7) is 14.5. The van der Waals surface area contributed by atoms with Crippen molar-refractivity contribution in [3.63, 3.8) is 0 Å². The lowest BCUT2D eigenvalue weighted by atomic mass is 9.42. The molecule has 4 aliphatic rings. The van der Waals surface area contributed by atoms with Crippen LogP contribution in [0.2, 0.25) is 0 Å². The first-order valence-electron chi connectivity index (χ1n) is 22.8. The molecule has 3 aliphatic heterocycles. The summed E-state index contributed by atoms with van der Waals surface area (Å²) < 4.78 is 0. The number of rotatable bonds is 5. The van der Waals surface area contributed by atoms with Gasteiger partial charge in [0.15, 0.2) is 0 Å². The maximum Gasteiger partial charge on any atom is 0.333 e. The van der Waals surface area contributed by atoms with Crippen LogP contribution in [-0.4, -0.2) is 6.85 Å². The van der Waals surface area contributed by atoms with Crippen LogP contribution in [0.15, 0.2) is 182 Å². The van der Waals surface area contributed by atoms with E-state index in [1.165, 1.54) is 90.3 Å². The normalized spacial score (nSPS) is 16.6. The van der Waals surface area contributed by atoms with E-state index in [-0.39, 0.29) is 23.1 Å². The predicted molar refractivity (Wildman–Crippen MR) is 268 cm³/mol. The largest absolute Gasteiger partial charge is 0.376 e. The average molecular weight is 814 g/mol. The number of hydrogen-bond acceptors (Lipinski definition) is 3. The van der Waals surface area contributed by atoms with Gasteiger partial charge in [-0.1, -0.05) is 157 Å². The second-order valence-electron chi connectivity index (χ2n) is 20.0. The molecular formula is C59H52BN3. The van der Waals surface area contributed by atoms with Gasteiger partial charge in [-0.15, -0.1) is 0 Å². The fourth-order valence-corrected chi connectivity index (χ4v) is 11.6. The zero-order valence-electron chi connectivity index (χ0n) is 37.2. The highest BCUT2D eigenvalue weighted by atomic mass is 15.2. The summed E-state index contributed by atoms with van der Waals surface area (Å²) >= 11 is 0. The molecule has 0 atom stereocenters. The van der Waals surface area contributed by atoms with E-state index in [0.29, 0.717) is 0 Å². The maximum atomic E-state index is 2.72. The summed E-state index contributed by atoms with van der Waals surface area (Å²) in [4.78, 5) is 7.75. The van der Waals surface area contributed by atoms with Gasteiger partial charge in [0.05, 0.1) is 5.69 Å². The Morgan fingerprint density at radius 1 is 0.444 bits per heavy atom. The quantitative estimate of drug-likeness (QED) is 0.160. The summed E-state index contributed by atoms with van der Waals surface area (Å²) in [5, 5.41) is 0. The van der Waals surface area contributed by atoms with E-state index in [1.807, 2.05) is 0 Å². The van der Waals surface area contributed by atoms with Crippen molar-refractivity contribution in [2.45, 2.75) is 70.6 Å². The summed E-state index contributed by atoms with van der Waals surface area (Å²) in [5.74, 6) is 0. The standard InChI is InChI=1S/C59H52BN3/c1-57(2)33-34-58(3,4)50-37-44(30-32-47(50)57)63-53-38-43(61(41-21-12-8-13-22-41)42-23-14-9-15-24-42)29-31-45(53)46-35-40(39-19-10-7-11-20-39)36-54-55(46)60(63)51-27-18-26-49-56(51)62(54)52-28-17-16-25-48(52)59(49,5)6/h7-32,35-38H,33-34H2,1-6H3. The maximum absolute atomic E-state index is 2.72. The first-order chi connectivity index (χ1) is 30.5. The Labute approximate surface area is 373 Å². The molecule has 0 aromatic heterocycles. The van der Waals surface area contributed by atoms with Gasteiger partial charge in [-0.2, -0.15) is 0 Å².